The Morgan fingerprint density at radius 3 is 2.65 bits per heavy atom. The highest BCUT2D eigenvalue weighted by Gasteiger charge is 2.15. The highest BCUT2D eigenvalue weighted by molar-refractivity contribution is 6.33. The summed E-state index contributed by atoms with van der Waals surface area (Å²) in [4.78, 5) is 2.37. The zero-order valence-corrected chi connectivity index (χ0v) is 11.2. The molecule has 1 aromatic rings. The summed E-state index contributed by atoms with van der Waals surface area (Å²) in [6, 6.07) is 4.21. The second-order valence-corrected chi connectivity index (χ2v) is 4.59. The van der Waals surface area contributed by atoms with Crippen LogP contribution in [0.4, 0.5) is 5.69 Å². The van der Waals surface area contributed by atoms with Crippen LogP contribution in [0.3, 0.4) is 0 Å². The Balaban J connectivity index is 2.33. The van der Waals surface area contributed by atoms with E-state index < -0.39 is 0 Å². The maximum Gasteiger partial charge on any atom is 0.139 e. The highest BCUT2D eigenvalue weighted by Crippen LogP contribution is 2.33. The molecule has 0 radical (unpaired) electrons. The zero-order chi connectivity index (χ0) is 12.3. The summed E-state index contributed by atoms with van der Waals surface area (Å²) in [5.74, 6) is 0.777. The largest absolute Gasteiger partial charge is 0.495 e. The van der Waals surface area contributed by atoms with Crippen molar-refractivity contribution >= 4 is 17.3 Å². The normalized spacial score (nSPS) is 16.1. The van der Waals surface area contributed by atoms with Crippen LogP contribution in [0.5, 0.6) is 5.75 Å². The molecule has 1 aromatic carbocycles. The summed E-state index contributed by atoms with van der Waals surface area (Å²) in [6.07, 6.45) is 0.926. The summed E-state index contributed by atoms with van der Waals surface area (Å²) >= 11 is 6.26. The van der Waals surface area contributed by atoms with Crippen molar-refractivity contribution in [2.75, 3.05) is 38.2 Å². The lowest BCUT2D eigenvalue weighted by Crippen LogP contribution is -2.43. The molecule has 0 aromatic heterocycles. The average molecular weight is 255 g/mol. The lowest BCUT2D eigenvalue weighted by molar-refractivity contribution is 0.414. The van der Waals surface area contributed by atoms with Crippen LogP contribution in [-0.2, 0) is 6.42 Å². The molecule has 3 nitrogen and oxygen atoms in total. The van der Waals surface area contributed by atoms with Crippen molar-refractivity contribution in [1.82, 2.24) is 5.32 Å². The van der Waals surface area contributed by atoms with Gasteiger partial charge >= 0.3 is 0 Å². The van der Waals surface area contributed by atoms with Crippen molar-refractivity contribution in [1.29, 1.82) is 0 Å². The number of ether oxygens (including phenoxy) is 1. The quantitative estimate of drug-likeness (QED) is 0.896. The van der Waals surface area contributed by atoms with Crippen molar-refractivity contribution in [2.45, 2.75) is 13.3 Å². The van der Waals surface area contributed by atoms with Crippen LogP contribution in [-0.4, -0.2) is 33.3 Å². The van der Waals surface area contributed by atoms with Crippen molar-refractivity contribution in [3.8, 4) is 5.75 Å². The molecule has 1 saturated heterocycles. The van der Waals surface area contributed by atoms with Crippen molar-refractivity contribution in [2.24, 2.45) is 0 Å². The lowest BCUT2D eigenvalue weighted by Gasteiger charge is -2.30. The van der Waals surface area contributed by atoms with Gasteiger partial charge < -0.3 is 15.0 Å². The molecule has 0 unspecified atom stereocenters. The number of aryl methyl sites for hydroxylation is 1. The van der Waals surface area contributed by atoms with Gasteiger partial charge in [-0.1, -0.05) is 18.5 Å². The first-order valence-corrected chi connectivity index (χ1v) is 6.46. The molecule has 0 aliphatic carbocycles. The van der Waals surface area contributed by atoms with Crippen LogP contribution in [0.25, 0.3) is 0 Å². The molecule has 2 rings (SSSR count). The number of halogens is 1. The predicted molar refractivity (Wildman–Crippen MR) is 72.5 cm³/mol. The molecule has 1 heterocycles. The van der Waals surface area contributed by atoms with Gasteiger partial charge in [-0.15, -0.1) is 0 Å². The topological polar surface area (TPSA) is 24.5 Å². The molecule has 17 heavy (non-hydrogen) atoms. The van der Waals surface area contributed by atoms with Gasteiger partial charge in [-0.25, -0.2) is 0 Å². The van der Waals surface area contributed by atoms with Gasteiger partial charge in [-0.05, 0) is 18.1 Å². The first kappa shape index (κ1) is 12.5. The molecule has 0 atom stereocenters. The zero-order valence-electron chi connectivity index (χ0n) is 10.4. The molecule has 0 bridgehead atoms. The van der Waals surface area contributed by atoms with Crippen molar-refractivity contribution in [3.63, 3.8) is 0 Å². The molecule has 1 aliphatic heterocycles. The van der Waals surface area contributed by atoms with E-state index in [1.54, 1.807) is 7.11 Å². The maximum atomic E-state index is 6.26. The average Bonchev–Trinajstić information content (AvgIpc) is 2.40. The molecule has 1 aliphatic rings. The monoisotopic (exact) mass is 254 g/mol. The van der Waals surface area contributed by atoms with E-state index in [1.165, 1.54) is 5.69 Å². The molecular formula is C13H19ClN2O. The van der Waals surface area contributed by atoms with E-state index in [2.05, 4.69) is 23.2 Å². The van der Waals surface area contributed by atoms with E-state index >= 15 is 0 Å². The molecule has 0 amide bonds. The Hall–Kier alpha value is -0.930. The highest BCUT2D eigenvalue weighted by atomic mass is 35.5. The minimum atomic E-state index is 0.744. The second-order valence-electron chi connectivity index (χ2n) is 4.21. The van der Waals surface area contributed by atoms with Crippen LogP contribution < -0.4 is 15.0 Å². The molecule has 0 spiro atoms. The number of rotatable bonds is 3. The van der Waals surface area contributed by atoms with E-state index in [1.807, 2.05) is 6.07 Å². The summed E-state index contributed by atoms with van der Waals surface area (Å²) < 4.78 is 5.34. The number of nitrogens with zero attached hydrogens (tertiary/aromatic N) is 1. The van der Waals surface area contributed by atoms with Gasteiger partial charge in [0, 0.05) is 37.9 Å². The van der Waals surface area contributed by atoms with Crippen LogP contribution in [0.15, 0.2) is 12.1 Å². The predicted octanol–water partition coefficient (Wildman–Crippen LogP) is 2.32. The molecule has 1 N–H and O–H groups in total. The van der Waals surface area contributed by atoms with E-state index in [4.69, 9.17) is 16.3 Å². The fraction of sp³-hybridized carbons (Fsp3) is 0.538. The van der Waals surface area contributed by atoms with Crippen LogP contribution >= 0.6 is 11.6 Å². The summed E-state index contributed by atoms with van der Waals surface area (Å²) in [7, 11) is 1.67. The number of nitrogens with one attached hydrogen (secondary N) is 1. The fourth-order valence-electron chi connectivity index (χ4n) is 2.15. The van der Waals surface area contributed by atoms with Gasteiger partial charge in [-0.3, -0.25) is 0 Å². The maximum absolute atomic E-state index is 6.26. The molecule has 0 saturated carbocycles. The summed E-state index contributed by atoms with van der Waals surface area (Å²) in [5, 5.41) is 4.10. The standard InChI is InChI=1S/C13H19ClN2O/c1-3-10-8-11(9-12(17-2)13(10)14)16-6-4-15-5-7-16/h8-9,15H,3-7H2,1-2H3. The Labute approximate surface area is 108 Å². The molecular weight excluding hydrogens is 236 g/mol. The number of methoxy groups -OCH3 is 1. The molecule has 1 fully saturated rings. The van der Waals surface area contributed by atoms with Gasteiger partial charge in [0.25, 0.3) is 0 Å². The minimum absolute atomic E-state index is 0.744. The molecule has 94 valence electrons. The number of benzene rings is 1. The number of piperazine rings is 1. The van der Waals surface area contributed by atoms with E-state index in [0.29, 0.717) is 0 Å². The Bertz CT molecular complexity index is 364. The van der Waals surface area contributed by atoms with Crippen molar-refractivity contribution in [3.05, 3.63) is 22.7 Å². The third-order valence-electron chi connectivity index (χ3n) is 3.18. The Kier molecular flexibility index (Phi) is 4.13. The second kappa shape index (κ2) is 5.61. The van der Waals surface area contributed by atoms with Gasteiger partial charge in [0.15, 0.2) is 0 Å². The first-order valence-electron chi connectivity index (χ1n) is 6.08. The minimum Gasteiger partial charge on any atom is -0.495 e. The number of anilines is 1. The summed E-state index contributed by atoms with van der Waals surface area (Å²) in [5.41, 5.74) is 2.36. The SMILES string of the molecule is CCc1cc(N2CCNCC2)cc(OC)c1Cl. The van der Waals surface area contributed by atoms with Crippen molar-refractivity contribution < 1.29 is 4.74 Å². The first-order chi connectivity index (χ1) is 8.26. The van der Waals surface area contributed by atoms with Crippen LogP contribution in [0.1, 0.15) is 12.5 Å². The van der Waals surface area contributed by atoms with Gasteiger partial charge in [0.2, 0.25) is 0 Å². The van der Waals surface area contributed by atoms with Gasteiger partial charge in [-0.2, -0.15) is 0 Å². The van der Waals surface area contributed by atoms with Gasteiger partial charge in [0.05, 0.1) is 12.1 Å². The van der Waals surface area contributed by atoms with E-state index in [-0.39, 0.29) is 0 Å². The molecule has 4 heteroatoms. The number of hydrogen-bond acceptors (Lipinski definition) is 3. The smallest absolute Gasteiger partial charge is 0.139 e. The third kappa shape index (κ3) is 2.67. The number of hydrogen-bond donors (Lipinski definition) is 1. The third-order valence-corrected chi connectivity index (χ3v) is 3.61. The van der Waals surface area contributed by atoms with Crippen LogP contribution in [0.2, 0.25) is 5.02 Å². The van der Waals surface area contributed by atoms with Crippen LogP contribution in [0, 0.1) is 0 Å². The van der Waals surface area contributed by atoms with Gasteiger partial charge in [0.1, 0.15) is 5.75 Å². The fourth-order valence-corrected chi connectivity index (χ4v) is 2.47. The Morgan fingerprint density at radius 1 is 1.35 bits per heavy atom. The Morgan fingerprint density at radius 2 is 2.06 bits per heavy atom. The lowest BCUT2D eigenvalue weighted by atomic mass is 10.1. The van der Waals surface area contributed by atoms with E-state index in [9.17, 15) is 0 Å². The summed E-state index contributed by atoms with van der Waals surface area (Å²) in [6.45, 7) is 6.25. The van der Waals surface area contributed by atoms with E-state index in [0.717, 1.165) is 48.9 Å².